The minimum atomic E-state index is -1.20. The van der Waals surface area contributed by atoms with E-state index in [0.717, 1.165) is 36.1 Å². The number of halogens is 1. The molecular weight excluding hydrogens is 533 g/mol. The number of cyclic esters (lactones) is 1. The Hall–Kier alpha value is -3.58. The van der Waals surface area contributed by atoms with Gasteiger partial charge < -0.3 is 29.9 Å². The first-order valence-corrected chi connectivity index (χ1v) is 13.3. The zero-order valence-corrected chi connectivity index (χ0v) is 22.0. The molecule has 2 aromatic rings. The molecule has 3 heterocycles. The molecule has 1 unspecified atom stereocenters. The van der Waals surface area contributed by atoms with Crippen LogP contribution in [0.2, 0.25) is 0 Å². The van der Waals surface area contributed by atoms with Gasteiger partial charge in [0.25, 0.3) is 0 Å². The molecule has 0 radical (unpaired) electrons. The summed E-state index contributed by atoms with van der Waals surface area (Å²) in [6.45, 7) is 3.77. The van der Waals surface area contributed by atoms with Gasteiger partial charge in [0.05, 0.1) is 31.0 Å². The maximum absolute atomic E-state index is 15.1. The summed E-state index contributed by atoms with van der Waals surface area (Å²) < 4.78 is 20.9. The van der Waals surface area contributed by atoms with Crippen LogP contribution in [-0.2, 0) is 16.1 Å². The number of amides is 2. The largest absolute Gasteiger partial charge is 0.465 e. The Morgan fingerprint density at radius 2 is 1.76 bits per heavy atom. The highest BCUT2D eigenvalue weighted by Gasteiger charge is 2.33. The minimum Gasteiger partial charge on any atom is -0.465 e. The van der Waals surface area contributed by atoms with Crippen molar-refractivity contribution in [3.8, 4) is 0 Å². The van der Waals surface area contributed by atoms with Crippen molar-refractivity contribution in [2.45, 2.75) is 12.6 Å². The molecule has 38 heavy (non-hydrogen) atoms. The quantitative estimate of drug-likeness (QED) is 0.492. The third kappa shape index (κ3) is 5.78. The summed E-state index contributed by atoms with van der Waals surface area (Å²) in [5, 5.41) is 11.0. The van der Waals surface area contributed by atoms with Gasteiger partial charge in [0, 0.05) is 38.4 Å². The van der Waals surface area contributed by atoms with Crippen molar-refractivity contribution in [3.05, 3.63) is 53.8 Å². The Bertz CT molecular complexity index is 1260. The Morgan fingerprint density at radius 3 is 2.39 bits per heavy atom. The summed E-state index contributed by atoms with van der Waals surface area (Å²) in [5.74, 6) is -0.434. The second kappa shape index (κ2) is 11.0. The highest BCUT2D eigenvalue weighted by Crippen LogP contribution is 2.29. The average molecular weight is 560 g/mol. The number of hydrogen-bond donors (Lipinski definition) is 2. The predicted octanol–water partition coefficient (Wildman–Crippen LogP) is 3.11. The number of ether oxygens (including phenoxy) is 1. The minimum absolute atomic E-state index is 0.0299. The highest BCUT2D eigenvalue weighted by atomic mass is 32.2. The van der Waals surface area contributed by atoms with Gasteiger partial charge in [0.2, 0.25) is 5.12 Å². The molecule has 0 bridgehead atoms. The van der Waals surface area contributed by atoms with Gasteiger partial charge in [-0.25, -0.2) is 14.0 Å². The van der Waals surface area contributed by atoms with Crippen LogP contribution < -0.4 is 20.0 Å². The number of carboxylic acid groups (broad SMARTS) is 1. The van der Waals surface area contributed by atoms with Crippen LogP contribution in [0.3, 0.4) is 0 Å². The molecule has 2 amide bonds. The molecule has 10 nitrogen and oxygen atoms in total. The number of benzene rings is 2. The SMILES string of the molecule is O=C(O)NCC1CN(c2ccc(N3CCN(c4ccc(CN5CC(=O)SC5=S)cc4)CC3)c(F)c2)C(=O)O1. The molecule has 200 valence electrons. The summed E-state index contributed by atoms with van der Waals surface area (Å²) in [5.41, 5.74) is 3.00. The van der Waals surface area contributed by atoms with Crippen molar-refractivity contribution in [3.63, 3.8) is 0 Å². The number of piperazine rings is 1. The Morgan fingerprint density at radius 1 is 1.08 bits per heavy atom. The number of nitrogens with zero attached hydrogens (tertiary/aromatic N) is 4. The van der Waals surface area contributed by atoms with Crippen molar-refractivity contribution < 1.29 is 28.6 Å². The van der Waals surface area contributed by atoms with Crippen LogP contribution in [0.1, 0.15) is 5.56 Å². The van der Waals surface area contributed by atoms with Gasteiger partial charge in [-0.05, 0) is 47.7 Å². The first kappa shape index (κ1) is 26.0. The van der Waals surface area contributed by atoms with Crippen LogP contribution in [0.4, 0.5) is 31.0 Å². The fourth-order valence-corrected chi connectivity index (χ4v) is 5.81. The van der Waals surface area contributed by atoms with Gasteiger partial charge in [0.15, 0.2) is 0 Å². The number of thiocarbonyl (C=S) groups is 1. The zero-order valence-electron chi connectivity index (χ0n) is 20.3. The third-order valence-electron chi connectivity index (χ3n) is 6.67. The molecule has 0 aliphatic carbocycles. The van der Waals surface area contributed by atoms with Crippen LogP contribution in [-0.4, -0.2) is 83.5 Å². The van der Waals surface area contributed by atoms with Gasteiger partial charge >= 0.3 is 12.2 Å². The fourth-order valence-electron chi connectivity index (χ4n) is 4.73. The number of anilines is 3. The maximum atomic E-state index is 15.1. The first-order chi connectivity index (χ1) is 18.3. The van der Waals surface area contributed by atoms with E-state index in [4.69, 9.17) is 22.1 Å². The number of carbonyl (C=O) groups excluding carboxylic acids is 2. The topological polar surface area (TPSA) is 106 Å². The third-order valence-corrected chi connectivity index (χ3v) is 7.97. The number of rotatable bonds is 7. The standard InChI is InChI=1S/C25H26FN5O5S2/c26-20-11-18(31-14-19(36-24(31)35)12-27-23(33)34)5-6-21(20)29-9-7-28(8-10-29)17-3-1-16(2-4-17)13-30-15-22(32)38-25(30)37/h1-6,11,19,27H,7-10,12-15H2,(H,33,34). The van der Waals surface area contributed by atoms with E-state index < -0.39 is 24.1 Å². The molecule has 5 rings (SSSR count). The smallest absolute Gasteiger partial charge is 0.414 e. The van der Waals surface area contributed by atoms with Crippen LogP contribution in [0.15, 0.2) is 42.5 Å². The number of carbonyl (C=O) groups is 3. The molecule has 2 N–H and O–H groups in total. The van der Waals surface area contributed by atoms with Crippen LogP contribution in [0.5, 0.6) is 0 Å². The lowest BCUT2D eigenvalue weighted by molar-refractivity contribution is -0.110. The second-order valence-electron chi connectivity index (χ2n) is 9.17. The molecule has 3 fully saturated rings. The van der Waals surface area contributed by atoms with Crippen molar-refractivity contribution >= 4 is 62.7 Å². The van der Waals surface area contributed by atoms with E-state index in [2.05, 4.69) is 22.3 Å². The van der Waals surface area contributed by atoms with Crippen molar-refractivity contribution in [1.29, 1.82) is 0 Å². The lowest BCUT2D eigenvalue weighted by Crippen LogP contribution is -2.46. The molecule has 3 aliphatic heterocycles. The molecule has 0 spiro atoms. The van der Waals surface area contributed by atoms with E-state index in [1.54, 1.807) is 12.1 Å². The molecule has 3 saturated heterocycles. The van der Waals surface area contributed by atoms with Crippen LogP contribution in [0.25, 0.3) is 0 Å². The van der Waals surface area contributed by atoms with Gasteiger partial charge in [-0.1, -0.05) is 24.4 Å². The van der Waals surface area contributed by atoms with Gasteiger partial charge in [-0.15, -0.1) is 0 Å². The van der Waals surface area contributed by atoms with E-state index in [1.165, 1.54) is 11.0 Å². The summed E-state index contributed by atoms with van der Waals surface area (Å²) in [4.78, 5) is 41.9. The summed E-state index contributed by atoms with van der Waals surface area (Å²) in [6, 6.07) is 12.9. The van der Waals surface area contributed by atoms with Gasteiger partial charge in [-0.3, -0.25) is 9.69 Å². The van der Waals surface area contributed by atoms with Crippen molar-refractivity contribution in [2.24, 2.45) is 0 Å². The fraction of sp³-hybridized carbons (Fsp3) is 0.360. The normalized spacial score (nSPS) is 19.8. The summed E-state index contributed by atoms with van der Waals surface area (Å²) in [7, 11) is 0. The predicted molar refractivity (Wildman–Crippen MR) is 147 cm³/mol. The molecule has 0 saturated carbocycles. The molecule has 0 aromatic heterocycles. The Kier molecular flexibility index (Phi) is 7.56. The number of hydrogen-bond acceptors (Lipinski definition) is 8. The zero-order chi connectivity index (χ0) is 26.8. The highest BCUT2D eigenvalue weighted by molar-refractivity contribution is 8.33. The van der Waals surface area contributed by atoms with E-state index >= 15 is 4.39 Å². The Labute approximate surface area is 228 Å². The molecular formula is C25H26FN5O5S2. The summed E-state index contributed by atoms with van der Waals surface area (Å²) in [6.07, 6.45) is -2.47. The Balaban J connectivity index is 1.15. The van der Waals surface area contributed by atoms with E-state index in [1.807, 2.05) is 21.9 Å². The molecule has 1 atom stereocenters. The van der Waals surface area contributed by atoms with E-state index in [9.17, 15) is 14.4 Å². The average Bonchev–Trinajstić information content (AvgIpc) is 3.43. The van der Waals surface area contributed by atoms with Crippen molar-refractivity contribution in [1.82, 2.24) is 10.2 Å². The summed E-state index contributed by atoms with van der Waals surface area (Å²) >= 11 is 6.37. The lowest BCUT2D eigenvalue weighted by Gasteiger charge is -2.37. The molecule has 3 aliphatic rings. The first-order valence-electron chi connectivity index (χ1n) is 12.1. The second-order valence-corrected chi connectivity index (χ2v) is 10.9. The monoisotopic (exact) mass is 559 g/mol. The lowest BCUT2D eigenvalue weighted by atomic mass is 10.1. The van der Waals surface area contributed by atoms with Crippen LogP contribution >= 0.6 is 24.0 Å². The van der Waals surface area contributed by atoms with Crippen LogP contribution in [0, 0.1) is 5.82 Å². The number of nitrogens with one attached hydrogen (secondary N) is 1. The van der Waals surface area contributed by atoms with E-state index in [0.29, 0.717) is 41.9 Å². The van der Waals surface area contributed by atoms with E-state index in [-0.39, 0.29) is 18.2 Å². The maximum Gasteiger partial charge on any atom is 0.414 e. The van der Waals surface area contributed by atoms with Gasteiger partial charge in [0.1, 0.15) is 16.2 Å². The van der Waals surface area contributed by atoms with Crippen molar-refractivity contribution in [2.75, 3.05) is 60.5 Å². The molecule has 2 aromatic carbocycles. The molecule has 13 heteroatoms. The van der Waals surface area contributed by atoms with Gasteiger partial charge in [-0.2, -0.15) is 0 Å². The number of thioether (sulfide) groups is 1.